The molecule has 100 valence electrons. The van der Waals surface area contributed by atoms with E-state index < -0.39 is 0 Å². The van der Waals surface area contributed by atoms with Gasteiger partial charge in [-0.25, -0.2) is 4.39 Å². The van der Waals surface area contributed by atoms with E-state index >= 15 is 0 Å². The quantitative estimate of drug-likeness (QED) is 0.890. The fourth-order valence-electron chi connectivity index (χ4n) is 2.33. The predicted octanol–water partition coefficient (Wildman–Crippen LogP) is 2.00. The fraction of sp³-hybridized carbons (Fsp3) is 0.571. The van der Waals surface area contributed by atoms with Crippen molar-refractivity contribution in [3.63, 3.8) is 0 Å². The summed E-state index contributed by atoms with van der Waals surface area (Å²) >= 11 is 0. The molecule has 0 aromatic heterocycles. The lowest BCUT2D eigenvalue weighted by Crippen LogP contribution is -2.69. The lowest BCUT2D eigenvalue weighted by atomic mass is 9.80. The van der Waals surface area contributed by atoms with E-state index in [-0.39, 0.29) is 17.1 Å². The third-order valence-electron chi connectivity index (χ3n) is 3.81. The molecular formula is C14H21FN2O. The van der Waals surface area contributed by atoms with Crippen molar-refractivity contribution in [3.05, 3.63) is 29.6 Å². The number of benzene rings is 1. The highest BCUT2D eigenvalue weighted by Crippen LogP contribution is 2.28. The van der Waals surface area contributed by atoms with E-state index in [4.69, 9.17) is 10.5 Å². The third-order valence-corrected chi connectivity index (χ3v) is 3.81. The van der Waals surface area contributed by atoms with E-state index in [2.05, 4.69) is 18.7 Å². The molecule has 0 radical (unpaired) electrons. The molecule has 1 saturated heterocycles. The summed E-state index contributed by atoms with van der Waals surface area (Å²) in [6.45, 7) is 6.78. The third kappa shape index (κ3) is 2.49. The molecule has 0 amide bonds. The Morgan fingerprint density at radius 3 is 2.61 bits per heavy atom. The fourth-order valence-corrected chi connectivity index (χ4v) is 2.33. The highest BCUT2D eigenvalue weighted by molar-refractivity contribution is 5.29. The van der Waals surface area contributed by atoms with Gasteiger partial charge < -0.3 is 10.5 Å². The molecule has 0 unspecified atom stereocenters. The summed E-state index contributed by atoms with van der Waals surface area (Å²) in [5, 5.41) is 0. The van der Waals surface area contributed by atoms with Gasteiger partial charge in [0.25, 0.3) is 0 Å². The standard InChI is InChI=1S/C14H21FN2O/c1-10(2)14(16)8-17(9-14)7-11-4-5-13(18-3)12(15)6-11/h4-6,10H,7-9,16H2,1-3H3. The molecule has 1 heterocycles. The van der Waals surface area contributed by atoms with Gasteiger partial charge in [-0.1, -0.05) is 19.9 Å². The van der Waals surface area contributed by atoms with Crippen molar-refractivity contribution in [2.24, 2.45) is 11.7 Å². The van der Waals surface area contributed by atoms with Crippen molar-refractivity contribution in [3.8, 4) is 5.75 Å². The van der Waals surface area contributed by atoms with Crippen molar-refractivity contribution >= 4 is 0 Å². The van der Waals surface area contributed by atoms with Crippen LogP contribution >= 0.6 is 0 Å². The molecule has 0 spiro atoms. The maximum Gasteiger partial charge on any atom is 0.165 e. The number of methoxy groups -OCH3 is 1. The Balaban J connectivity index is 1.94. The lowest BCUT2D eigenvalue weighted by molar-refractivity contribution is 0.0313. The Hall–Kier alpha value is -1.13. The maximum atomic E-state index is 13.5. The summed E-state index contributed by atoms with van der Waals surface area (Å²) in [6, 6.07) is 5.10. The minimum atomic E-state index is -0.307. The van der Waals surface area contributed by atoms with E-state index in [1.807, 2.05) is 6.07 Å². The summed E-state index contributed by atoms with van der Waals surface area (Å²) in [5.41, 5.74) is 7.11. The minimum absolute atomic E-state index is 0.0784. The number of nitrogens with zero attached hydrogens (tertiary/aromatic N) is 1. The zero-order valence-corrected chi connectivity index (χ0v) is 11.2. The number of likely N-dealkylation sites (tertiary alicyclic amines) is 1. The molecule has 4 heteroatoms. The lowest BCUT2D eigenvalue weighted by Gasteiger charge is -2.50. The van der Waals surface area contributed by atoms with Crippen LogP contribution in [0.25, 0.3) is 0 Å². The minimum Gasteiger partial charge on any atom is -0.494 e. The number of nitrogens with two attached hydrogens (primary N) is 1. The van der Waals surface area contributed by atoms with E-state index in [1.54, 1.807) is 6.07 Å². The molecule has 2 N–H and O–H groups in total. The summed E-state index contributed by atoms with van der Waals surface area (Å²) < 4.78 is 18.4. The van der Waals surface area contributed by atoms with E-state index in [1.165, 1.54) is 13.2 Å². The number of halogens is 1. The van der Waals surface area contributed by atoms with Crippen LogP contribution in [0.1, 0.15) is 19.4 Å². The predicted molar refractivity (Wildman–Crippen MR) is 70.0 cm³/mol. The monoisotopic (exact) mass is 252 g/mol. The summed E-state index contributed by atoms with van der Waals surface area (Å²) in [4.78, 5) is 2.24. The Morgan fingerprint density at radius 2 is 2.11 bits per heavy atom. The Labute approximate surface area is 108 Å². The van der Waals surface area contributed by atoms with Crippen LogP contribution in [-0.4, -0.2) is 30.6 Å². The molecule has 1 fully saturated rings. The molecule has 1 aliphatic rings. The van der Waals surface area contributed by atoms with Gasteiger partial charge in [0.2, 0.25) is 0 Å². The van der Waals surface area contributed by atoms with Crippen LogP contribution in [0.2, 0.25) is 0 Å². The number of ether oxygens (including phenoxy) is 1. The second-order valence-corrected chi connectivity index (χ2v) is 5.50. The second kappa shape index (κ2) is 4.86. The normalized spacial score (nSPS) is 18.8. The number of hydrogen-bond acceptors (Lipinski definition) is 3. The van der Waals surface area contributed by atoms with Crippen LogP contribution in [0.5, 0.6) is 5.75 Å². The molecule has 0 aliphatic carbocycles. The maximum absolute atomic E-state index is 13.5. The van der Waals surface area contributed by atoms with Crippen LogP contribution < -0.4 is 10.5 Å². The van der Waals surface area contributed by atoms with Crippen molar-refractivity contribution < 1.29 is 9.13 Å². The van der Waals surface area contributed by atoms with E-state index in [0.29, 0.717) is 5.92 Å². The van der Waals surface area contributed by atoms with Gasteiger partial charge in [-0.2, -0.15) is 0 Å². The molecule has 3 nitrogen and oxygen atoms in total. The average Bonchev–Trinajstić information content (AvgIpc) is 2.26. The first-order valence-corrected chi connectivity index (χ1v) is 6.28. The largest absolute Gasteiger partial charge is 0.494 e. The average molecular weight is 252 g/mol. The van der Waals surface area contributed by atoms with E-state index in [9.17, 15) is 4.39 Å². The number of rotatable bonds is 4. The van der Waals surface area contributed by atoms with Crippen LogP contribution in [0, 0.1) is 11.7 Å². The summed E-state index contributed by atoms with van der Waals surface area (Å²) in [5.74, 6) is 0.456. The molecule has 18 heavy (non-hydrogen) atoms. The van der Waals surface area contributed by atoms with Gasteiger partial charge in [-0.15, -0.1) is 0 Å². The molecule has 1 aromatic carbocycles. The molecule has 0 atom stereocenters. The van der Waals surface area contributed by atoms with Crippen LogP contribution in [0.4, 0.5) is 4.39 Å². The van der Waals surface area contributed by atoms with Crippen molar-refractivity contribution in [1.82, 2.24) is 4.90 Å². The number of hydrogen-bond donors (Lipinski definition) is 1. The zero-order valence-electron chi connectivity index (χ0n) is 11.2. The van der Waals surface area contributed by atoms with Crippen molar-refractivity contribution in [2.75, 3.05) is 20.2 Å². The molecular weight excluding hydrogens is 231 g/mol. The zero-order chi connectivity index (χ0) is 13.3. The Bertz CT molecular complexity index is 428. The van der Waals surface area contributed by atoms with Gasteiger partial charge in [-0.05, 0) is 23.6 Å². The molecule has 0 saturated carbocycles. The molecule has 1 aromatic rings. The molecule has 0 bridgehead atoms. The van der Waals surface area contributed by atoms with Gasteiger partial charge >= 0.3 is 0 Å². The second-order valence-electron chi connectivity index (χ2n) is 5.50. The first kappa shape index (κ1) is 13.3. The van der Waals surface area contributed by atoms with Gasteiger partial charge in [-0.3, -0.25) is 4.90 Å². The Kier molecular flexibility index (Phi) is 3.59. The first-order valence-electron chi connectivity index (χ1n) is 6.28. The topological polar surface area (TPSA) is 38.5 Å². The SMILES string of the molecule is COc1ccc(CN2CC(N)(C(C)C)C2)cc1F. The molecule has 2 rings (SSSR count). The van der Waals surface area contributed by atoms with Gasteiger partial charge in [0.1, 0.15) is 0 Å². The highest BCUT2D eigenvalue weighted by atomic mass is 19.1. The van der Waals surface area contributed by atoms with Gasteiger partial charge in [0, 0.05) is 25.2 Å². The van der Waals surface area contributed by atoms with Gasteiger partial charge in [0.05, 0.1) is 7.11 Å². The van der Waals surface area contributed by atoms with Crippen LogP contribution in [0.3, 0.4) is 0 Å². The van der Waals surface area contributed by atoms with E-state index in [0.717, 1.165) is 25.2 Å². The summed E-state index contributed by atoms with van der Waals surface area (Å²) in [7, 11) is 1.47. The van der Waals surface area contributed by atoms with Gasteiger partial charge in [0.15, 0.2) is 11.6 Å². The van der Waals surface area contributed by atoms with Crippen LogP contribution in [-0.2, 0) is 6.54 Å². The smallest absolute Gasteiger partial charge is 0.165 e. The summed E-state index contributed by atoms with van der Waals surface area (Å²) in [6.07, 6.45) is 0. The van der Waals surface area contributed by atoms with Crippen molar-refractivity contribution in [2.45, 2.75) is 25.9 Å². The Morgan fingerprint density at radius 1 is 1.44 bits per heavy atom. The van der Waals surface area contributed by atoms with Crippen LogP contribution in [0.15, 0.2) is 18.2 Å². The highest BCUT2D eigenvalue weighted by Gasteiger charge is 2.41. The van der Waals surface area contributed by atoms with Crippen molar-refractivity contribution in [1.29, 1.82) is 0 Å². The molecule has 1 aliphatic heterocycles. The first-order chi connectivity index (χ1) is 8.44.